The molecule has 3 aromatic carbocycles. The van der Waals surface area contributed by atoms with Gasteiger partial charge in [-0.3, -0.25) is 0 Å². The molecule has 7 atom stereocenters. The summed E-state index contributed by atoms with van der Waals surface area (Å²) >= 11 is 0. The highest BCUT2D eigenvalue weighted by Gasteiger charge is 2.79. The second kappa shape index (κ2) is 14.2. The monoisotopic (exact) mass is 877 g/mol. The van der Waals surface area contributed by atoms with Crippen LogP contribution in [0.3, 0.4) is 0 Å². The Morgan fingerprint density at radius 1 is 0.767 bits per heavy atom. The van der Waals surface area contributed by atoms with Gasteiger partial charge in [-0.05, 0) is 104 Å². The van der Waals surface area contributed by atoms with Crippen molar-refractivity contribution < 1.29 is 54.3 Å². The number of rotatable bonds is 6. The molecule has 60 heavy (non-hydrogen) atoms. The number of allylic oxidation sites excluding steroid dienone is 1. The zero-order valence-corrected chi connectivity index (χ0v) is 36.0. The van der Waals surface area contributed by atoms with Gasteiger partial charge < -0.3 is 19.7 Å². The van der Waals surface area contributed by atoms with E-state index in [0.717, 1.165) is 16.7 Å². The molecule has 326 valence electrons. The van der Waals surface area contributed by atoms with E-state index in [-0.39, 0.29) is 40.9 Å². The second-order valence-corrected chi connectivity index (χ2v) is 23.1. The normalized spacial score (nSPS) is 32.4. The summed E-state index contributed by atoms with van der Waals surface area (Å²) in [7, 11) is -7.60. The van der Waals surface area contributed by atoms with Crippen LogP contribution >= 0.6 is 0 Å². The topological polar surface area (TPSA) is 122 Å². The first-order valence-electron chi connectivity index (χ1n) is 20.4. The number of alkyl halides is 5. The average molecular weight is 878 g/mol. The minimum Gasteiger partial charge on any atom is -0.385 e. The number of benzene rings is 3. The molecule has 0 radical (unpaired) electrons. The molecule has 5 aliphatic rings. The Morgan fingerprint density at radius 2 is 1.33 bits per heavy atom. The van der Waals surface area contributed by atoms with Crippen LogP contribution in [0.2, 0.25) is 0 Å². The van der Waals surface area contributed by atoms with Gasteiger partial charge in [0.15, 0.2) is 5.79 Å². The van der Waals surface area contributed by atoms with Gasteiger partial charge in [0.25, 0.3) is 10.0 Å². The van der Waals surface area contributed by atoms with E-state index in [4.69, 9.17) is 9.47 Å². The van der Waals surface area contributed by atoms with E-state index < -0.39 is 78.4 Å². The molecule has 15 heteroatoms. The minimum absolute atomic E-state index is 0.0132. The number of nitrogens with zero attached hydrogens (tertiary/aromatic N) is 1. The number of aryl methyl sites for hydroxylation is 1. The van der Waals surface area contributed by atoms with Crippen LogP contribution in [0.5, 0.6) is 0 Å². The maximum Gasteiger partial charge on any atom is 0.456 e. The van der Waals surface area contributed by atoms with E-state index in [2.05, 4.69) is 3.77 Å². The molecule has 4 aliphatic carbocycles. The largest absolute Gasteiger partial charge is 0.456 e. The second-order valence-electron chi connectivity index (χ2n) is 19.0. The molecule has 0 aromatic heterocycles. The molecule has 1 saturated heterocycles. The van der Waals surface area contributed by atoms with Crippen molar-refractivity contribution in [3.63, 3.8) is 0 Å². The molecule has 1 aliphatic heterocycles. The van der Waals surface area contributed by atoms with Crippen LogP contribution in [0.25, 0.3) is 11.1 Å². The average Bonchev–Trinajstić information content (AvgIpc) is 3.46. The summed E-state index contributed by atoms with van der Waals surface area (Å²) in [4.78, 5) is 0.132. The van der Waals surface area contributed by atoms with Gasteiger partial charge in [0.05, 0.1) is 33.4 Å². The molecule has 4 fully saturated rings. The van der Waals surface area contributed by atoms with Crippen LogP contribution in [0, 0.1) is 29.6 Å². The smallest absolute Gasteiger partial charge is 0.385 e. The lowest BCUT2D eigenvalue weighted by Gasteiger charge is -2.59. The lowest BCUT2D eigenvalue weighted by molar-refractivity contribution is -0.362. The van der Waals surface area contributed by atoms with E-state index in [1.807, 2.05) is 20.8 Å². The standard InChI is InChI=1S/C45H52F5NO7S2/c1-28-6-14-33(15-7-28)60(55,56)51-59(5,54)32-16-12-30(13-17-32)29-8-10-31(11-9-29)35-24-40(4)36(20-23-43(40,53)44(46,47)45(48,49)50)34-18-21-41(52)25-42(22-19-37(41)38(34)35)57-26-39(2,3)27-58-42/h6-17,34-36,52-53H,18-27H2,1-5H3/t34?,35?,36?,40-,41+,43-,59-/m0/s1. The molecule has 0 amide bonds. The third-order valence-corrected chi connectivity index (χ3v) is 18.3. The number of hydrogen-bond acceptors (Lipinski definition) is 7. The van der Waals surface area contributed by atoms with Crippen LogP contribution in [0.4, 0.5) is 22.0 Å². The van der Waals surface area contributed by atoms with Crippen molar-refractivity contribution >= 4 is 19.8 Å². The van der Waals surface area contributed by atoms with E-state index in [9.17, 15) is 36.0 Å². The number of sulfonamides is 1. The Labute approximate surface area is 348 Å². The number of fused-ring (bicyclic) bond motifs is 4. The Morgan fingerprint density at radius 3 is 1.92 bits per heavy atom. The summed E-state index contributed by atoms with van der Waals surface area (Å²) in [6.07, 6.45) is -3.99. The Balaban J connectivity index is 1.15. The van der Waals surface area contributed by atoms with Gasteiger partial charge in [0, 0.05) is 40.7 Å². The summed E-state index contributed by atoms with van der Waals surface area (Å²) < 4.78 is 130. The van der Waals surface area contributed by atoms with Crippen molar-refractivity contribution in [1.82, 2.24) is 0 Å². The third-order valence-electron chi connectivity index (χ3n) is 14.4. The van der Waals surface area contributed by atoms with E-state index >= 15 is 8.78 Å². The summed E-state index contributed by atoms with van der Waals surface area (Å²) in [6.45, 7) is 8.17. The first kappa shape index (κ1) is 43.4. The SMILES string of the molecule is Cc1ccc(S(=O)(=O)N=[S@@](C)(=O)c2ccc(-c3ccc(C4C[C@@]5(C)C(CC[C@@]5(O)C(F)(F)C(F)(F)F)C5CC[C@@]6(O)CC7(CCC6=C45)OCC(C)(C)CO7)cc3)cc2)cc1. The van der Waals surface area contributed by atoms with Crippen LogP contribution in [0.15, 0.2) is 97.5 Å². The minimum atomic E-state index is -5.96. The maximum absolute atomic E-state index is 15.6. The molecule has 3 aromatic rings. The predicted octanol–water partition coefficient (Wildman–Crippen LogP) is 9.73. The first-order valence-corrected chi connectivity index (χ1v) is 23.8. The molecule has 3 saturated carbocycles. The summed E-state index contributed by atoms with van der Waals surface area (Å²) in [5.74, 6) is -8.16. The zero-order chi connectivity index (χ0) is 43.5. The molecule has 3 unspecified atom stereocenters. The Kier molecular flexibility index (Phi) is 10.2. The van der Waals surface area contributed by atoms with Gasteiger partial charge in [-0.25, -0.2) is 4.21 Å². The van der Waals surface area contributed by atoms with Crippen molar-refractivity contribution in [2.75, 3.05) is 19.5 Å². The molecular weight excluding hydrogens is 826 g/mol. The van der Waals surface area contributed by atoms with Crippen molar-refractivity contribution in [3.8, 4) is 11.1 Å². The maximum atomic E-state index is 15.6. The number of halogens is 5. The molecule has 2 N–H and O–H groups in total. The fourth-order valence-corrected chi connectivity index (χ4v) is 14.4. The predicted molar refractivity (Wildman–Crippen MR) is 216 cm³/mol. The molecule has 8 rings (SSSR count). The number of aliphatic hydroxyl groups is 2. The van der Waals surface area contributed by atoms with Gasteiger partial charge in [-0.1, -0.05) is 80.4 Å². The van der Waals surface area contributed by atoms with E-state index in [0.29, 0.717) is 49.2 Å². The summed E-state index contributed by atoms with van der Waals surface area (Å²) in [5, 5.41) is 24.2. The lowest BCUT2D eigenvalue weighted by atomic mass is 9.49. The summed E-state index contributed by atoms with van der Waals surface area (Å²) in [6, 6.07) is 19.7. The Bertz CT molecular complexity index is 2430. The first-order chi connectivity index (χ1) is 27.8. The van der Waals surface area contributed by atoms with Gasteiger partial charge in [-0.2, -0.15) is 30.4 Å². The number of hydrogen-bond donors (Lipinski definition) is 2. The van der Waals surface area contributed by atoms with Crippen molar-refractivity contribution in [1.29, 1.82) is 0 Å². The highest BCUT2D eigenvalue weighted by molar-refractivity contribution is 8.03. The van der Waals surface area contributed by atoms with Crippen LogP contribution in [-0.2, 0) is 29.2 Å². The van der Waals surface area contributed by atoms with Gasteiger partial charge in [-0.15, -0.1) is 3.77 Å². The third kappa shape index (κ3) is 6.97. The highest BCUT2D eigenvalue weighted by Crippen LogP contribution is 2.71. The Hall–Kier alpha value is -3.21. The fourth-order valence-electron chi connectivity index (χ4n) is 11.1. The van der Waals surface area contributed by atoms with Crippen LogP contribution < -0.4 is 0 Å². The van der Waals surface area contributed by atoms with E-state index in [1.165, 1.54) is 25.3 Å². The van der Waals surface area contributed by atoms with Gasteiger partial charge in [0.2, 0.25) is 0 Å². The van der Waals surface area contributed by atoms with Crippen molar-refractivity contribution in [3.05, 3.63) is 95.1 Å². The molecule has 0 bridgehead atoms. The number of ether oxygens (including phenoxy) is 2. The van der Waals surface area contributed by atoms with Crippen molar-refractivity contribution in [2.24, 2.45) is 26.4 Å². The fraction of sp³-hybridized carbons (Fsp3) is 0.556. The highest BCUT2D eigenvalue weighted by atomic mass is 32.3. The molecule has 1 heterocycles. The van der Waals surface area contributed by atoms with E-state index in [1.54, 1.807) is 60.7 Å². The molecular formula is C45H52F5NO7S2. The molecule has 1 spiro atoms. The summed E-state index contributed by atoms with van der Waals surface area (Å²) in [5.41, 5.74) is -2.17. The van der Waals surface area contributed by atoms with Crippen LogP contribution in [0.1, 0.15) is 89.2 Å². The molecule has 8 nitrogen and oxygen atoms in total. The zero-order valence-electron chi connectivity index (χ0n) is 34.3. The van der Waals surface area contributed by atoms with Gasteiger partial charge in [0.1, 0.15) is 5.60 Å². The van der Waals surface area contributed by atoms with Crippen LogP contribution in [-0.4, -0.2) is 71.4 Å². The van der Waals surface area contributed by atoms with Crippen molar-refractivity contribution in [2.45, 2.75) is 124 Å². The quantitative estimate of drug-likeness (QED) is 0.187. The van der Waals surface area contributed by atoms with Gasteiger partial charge >= 0.3 is 12.1 Å². The lowest BCUT2D eigenvalue weighted by Crippen LogP contribution is -2.65.